The molecule has 0 atom stereocenters. The molecule has 0 spiro atoms. The van der Waals surface area contributed by atoms with E-state index in [0.717, 1.165) is 0 Å². The zero-order valence-corrected chi connectivity index (χ0v) is 15.4. The minimum Gasteiger partial charge on any atom is -0.398 e. The maximum Gasteiger partial charge on any atom is 0.244 e. The standard InChI is InChI=1S/C13H19BrClN3O2S/c1-13(2)8-18(5-4-17(13)3)21(19,20)11-7-9(15)6-10(16)12(11)14/h6-7H,4-5,8,16H2,1-3H3. The van der Waals surface area contributed by atoms with Gasteiger partial charge in [-0.1, -0.05) is 11.6 Å². The van der Waals surface area contributed by atoms with Crippen molar-refractivity contribution in [2.45, 2.75) is 24.3 Å². The van der Waals surface area contributed by atoms with Gasteiger partial charge in [0.2, 0.25) is 10.0 Å². The van der Waals surface area contributed by atoms with Crippen LogP contribution in [0.3, 0.4) is 0 Å². The van der Waals surface area contributed by atoms with Crippen LogP contribution in [0.25, 0.3) is 0 Å². The van der Waals surface area contributed by atoms with E-state index < -0.39 is 10.0 Å². The number of anilines is 1. The normalized spacial score (nSPS) is 20.6. The predicted octanol–water partition coefficient (Wildman–Crippen LogP) is 2.40. The van der Waals surface area contributed by atoms with E-state index in [9.17, 15) is 8.42 Å². The third kappa shape index (κ3) is 3.22. The fraction of sp³-hybridized carbons (Fsp3) is 0.538. The van der Waals surface area contributed by atoms with Crippen molar-refractivity contribution in [3.63, 3.8) is 0 Å². The van der Waals surface area contributed by atoms with Crippen LogP contribution in [0.2, 0.25) is 5.02 Å². The monoisotopic (exact) mass is 395 g/mol. The highest BCUT2D eigenvalue weighted by Gasteiger charge is 2.38. The van der Waals surface area contributed by atoms with Gasteiger partial charge in [-0.05, 0) is 49.0 Å². The number of sulfonamides is 1. The minimum atomic E-state index is -3.64. The fourth-order valence-corrected chi connectivity index (χ4v) is 5.15. The molecule has 2 N–H and O–H groups in total. The number of nitrogen functional groups attached to an aromatic ring is 1. The third-order valence-corrected chi connectivity index (χ3v) is 7.17. The van der Waals surface area contributed by atoms with Gasteiger partial charge in [-0.2, -0.15) is 4.31 Å². The molecule has 0 bridgehead atoms. The molecule has 1 fully saturated rings. The molecule has 0 amide bonds. The van der Waals surface area contributed by atoms with E-state index in [1.54, 1.807) is 0 Å². The summed E-state index contributed by atoms with van der Waals surface area (Å²) in [5.41, 5.74) is 5.89. The number of benzene rings is 1. The van der Waals surface area contributed by atoms with E-state index in [0.29, 0.717) is 34.8 Å². The summed E-state index contributed by atoms with van der Waals surface area (Å²) in [5, 5.41) is 0.308. The van der Waals surface area contributed by atoms with Crippen molar-refractivity contribution >= 4 is 43.2 Å². The first-order valence-corrected chi connectivity index (χ1v) is 9.13. The Labute approximate surface area is 139 Å². The Morgan fingerprint density at radius 1 is 1.33 bits per heavy atom. The third-order valence-electron chi connectivity index (χ3n) is 3.93. The van der Waals surface area contributed by atoms with Crippen molar-refractivity contribution in [2.75, 3.05) is 32.4 Å². The summed E-state index contributed by atoms with van der Waals surface area (Å²) in [5.74, 6) is 0. The highest BCUT2D eigenvalue weighted by atomic mass is 79.9. The van der Waals surface area contributed by atoms with Crippen molar-refractivity contribution in [1.82, 2.24) is 9.21 Å². The Bertz CT molecular complexity index is 664. The van der Waals surface area contributed by atoms with Gasteiger partial charge in [-0.15, -0.1) is 0 Å². The lowest BCUT2D eigenvalue weighted by Gasteiger charge is -2.44. The number of piperazine rings is 1. The fourth-order valence-electron chi connectivity index (χ4n) is 2.31. The Morgan fingerprint density at radius 3 is 2.52 bits per heavy atom. The van der Waals surface area contributed by atoms with Crippen molar-refractivity contribution in [2.24, 2.45) is 0 Å². The first-order chi connectivity index (χ1) is 9.55. The van der Waals surface area contributed by atoms with E-state index in [4.69, 9.17) is 17.3 Å². The molecule has 1 aliphatic heterocycles. The van der Waals surface area contributed by atoms with Gasteiger partial charge in [0.15, 0.2) is 0 Å². The molecule has 1 aromatic carbocycles. The molecule has 0 aromatic heterocycles. The quantitative estimate of drug-likeness (QED) is 0.780. The summed E-state index contributed by atoms with van der Waals surface area (Å²) < 4.78 is 27.6. The summed E-state index contributed by atoms with van der Waals surface area (Å²) in [4.78, 5) is 2.27. The number of hydrogen-bond acceptors (Lipinski definition) is 4. The molecule has 1 aliphatic rings. The van der Waals surface area contributed by atoms with Gasteiger partial charge in [0, 0.05) is 35.9 Å². The number of nitrogens with zero attached hydrogens (tertiary/aromatic N) is 2. The highest BCUT2D eigenvalue weighted by molar-refractivity contribution is 9.10. The van der Waals surface area contributed by atoms with E-state index in [1.807, 2.05) is 20.9 Å². The summed E-state index contributed by atoms with van der Waals surface area (Å²) >= 11 is 9.21. The molecule has 0 aliphatic carbocycles. The number of hydrogen-bond donors (Lipinski definition) is 1. The maximum absolute atomic E-state index is 12.9. The van der Waals surface area contributed by atoms with Crippen molar-refractivity contribution in [3.05, 3.63) is 21.6 Å². The molecular weight excluding hydrogens is 378 g/mol. The van der Waals surface area contributed by atoms with E-state index in [2.05, 4.69) is 20.8 Å². The summed E-state index contributed by atoms with van der Waals surface area (Å²) in [7, 11) is -1.64. The Hall–Kier alpha value is -0.340. The van der Waals surface area contributed by atoms with Crippen molar-refractivity contribution < 1.29 is 8.42 Å². The van der Waals surface area contributed by atoms with Gasteiger partial charge in [-0.3, -0.25) is 4.90 Å². The lowest BCUT2D eigenvalue weighted by molar-refractivity contribution is 0.0801. The van der Waals surface area contributed by atoms with E-state index >= 15 is 0 Å². The molecule has 0 unspecified atom stereocenters. The molecule has 5 nitrogen and oxygen atoms in total. The lowest BCUT2D eigenvalue weighted by Crippen LogP contribution is -2.58. The van der Waals surface area contributed by atoms with Crippen LogP contribution in [-0.4, -0.2) is 49.8 Å². The van der Waals surface area contributed by atoms with Crippen LogP contribution in [0, 0.1) is 0 Å². The van der Waals surface area contributed by atoms with Gasteiger partial charge >= 0.3 is 0 Å². The van der Waals surface area contributed by atoms with Crippen molar-refractivity contribution in [1.29, 1.82) is 0 Å². The smallest absolute Gasteiger partial charge is 0.244 e. The second-order valence-electron chi connectivity index (χ2n) is 5.88. The molecular formula is C13H19BrClN3O2S. The molecule has 21 heavy (non-hydrogen) atoms. The molecule has 0 saturated carbocycles. The van der Waals surface area contributed by atoms with Gasteiger partial charge in [0.1, 0.15) is 0 Å². The van der Waals surface area contributed by atoms with E-state index in [1.165, 1.54) is 16.4 Å². The second-order valence-corrected chi connectivity index (χ2v) is 9.02. The number of nitrogens with two attached hydrogens (primary N) is 1. The van der Waals surface area contributed by atoms with Crippen LogP contribution < -0.4 is 5.73 Å². The van der Waals surface area contributed by atoms with Crippen LogP contribution in [0.5, 0.6) is 0 Å². The molecule has 1 heterocycles. The average Bonchev–Trinajstić information content (AvgIpc) is 2.36. The van der Waals surface area contributed by atoms with Gasteiger partial charge in [0.25, 0.3) is 0 Å². The van der Waals surface area contributed by atoms with E-state index in [-0.39, 0.29) is 10.4 Å². The van der Waals surface area contributed by atoms with Crippen molar-refractivity contribution in [3.8, 4) is 0 Å². The zero-order chi connectivity index (χ0) is 16.0. The topological polar surface area (TPSA) is 66.6 Å². The average molecular weight is 397 g/mol. The zero-order valence-electron chi connectivity index (χ0n) is 12.2. The van der Waals surface area contributed by atoms with Crippen LogP contribution in [0.1, 0.15) is 13.8 Å². The van der Waals surface area contributed by atoms with Gasteiger partial charge in [-0.25, -0.2) is 8.42 Å². The largest absolute Gasteiger partial charge is 0.398 e. The maximum atomic E-state index is 12.9. The number of rotatable bonds is 2. The number of likely N-dealkylation sites (N-methyl/N-ethyl adjacent to an activating group) is 1. The lowest BCUT2D eigenvalue weighted by atomic mass is 10.0. The molecule has 2 rings (SSSR count). The molecule has 8 heteroatoms. The molecule has 1 aromatic rings. The SMILES string of the molecule is CN1CCN(S(=O)(=O)c2cc(Cl)cc(N)c2Br)CC1(C)C. The first-order valence-electron chi connectivity index (χ1n) is 6.51. The molecule has 118 valence electrons. The van der Waals surface area contributed by atoms with Crippen LogP contribution in [0.4, 0.5) is 5.69 Å². The molecule has 1 saturated heterocycles. The molecule has 0 radical (unpaired) electrons. The second kappa shape index (κ2) is 5.70. The summed E-state index contributed by atoms with van der Waals surface area (Å²) in [6.07, 6.45) is 0. The summed E-state index contributed by atoms with van der Waals surface area (Å²) in [6.45, 7) is 5.60. The van der Waals surface area contributed by atoms with Gasteiger partial charge < -0.3 is 5.73 Å². The Balaban J connectivity index is 2.44. The Kier molecular flexibility index (Phi) is 4.62. The first kappa shape index (κ1) is 17.0. The van der Waals surface area contributed by atoms with Crippen LogP contribution in [0.15, 0.2) is 21.5 Å². The minimum absolute atomic E-state index is 0.118. The highest BCUT2D eigenvalue weighted by Crippen LogP contribution is 2.34. The van der Waals surface area contributed by atoms with Gasteiger partial charge in [0.05, 0.1) is 9.37 Å². The Morgan fingerprint density at radius 2 is 1.95 bits per heavy atom. The van der Waals surface area contributed by atoms with Crippen LogP contribution >= 0.6 is 27.5 Å². The van der Waals surface area contributed by atoms with Crippen LogP contribution in [-0.2, 0) is 10.0 Å². The predicted molar refractivity (Wildman–Crippen MR) is 89.0 cm³/mol. The number of halogens is 2. The summed E-state index contributed by atoms with van der Waals surface area (Å²) in [6, 6.07) is 2.96.